The van der Waals surface area contributed by atoms with Gasteiger partial charge in [-0.1, -0.05) is 35.3 Å². The number of hydrogen-bond acceptors (Lipinski definition) is 5. The van der Waals surface area contributed by atoms with Crippen molar-refractivity contribution in [1.29, 1.82) is 0 Å². The van der Waals surface area contributed by atoms with Crippen molar-refractivity contribution >= 4 is 52.5 Å². The maximum atomic E-state index is 13.9. The van der Waals surface area contributed by atoms with Crippen LogP contribution in [-0.2, 0) is 16.0 Å². The zero-order valence-electron chi connectivity index (χ0n) is 17.1. The minimum absolute atomic E-state index is 0.0136. The second-order valence-electron chi connectivity index (χ2n) is 6.61. The van der Waals surface area contributed by atoms with E-state index >= 15 is 0 Å². The number of hydrogen-bond donors (Lipinski definition) is 1. The van der Waals surface area contributed by atoms with Gasteiger partial charge >= 0.3 is 5.97 Å². The molecule has 0 spiro atoms. The topological polar surface area (TPSA) is 64.6 Å². The molecule has 0 aliphatic carbocycles. The van der Waals surface area contributed by atoms with Gasteiger partial charge in [0.25, 0.3) is 0 Å². The van der Waals surface area contributed by atoms with E-state index in [0.717, 1.165) is 22.6 Å². The Labute approximate surface area is 198 Å². The summed E-state index contributed by atoms with van der Waals surface area (Å²) in [6.45, 7) is 0. The molecule has 5 nitrogen and oxygen atoms in total. The summed E-state index contributed by atoms with van der Waals surface area (Å²) < 4.78 is 24.1. The van der Waals surface area contributed by atoms with Crippen molar-refractivity contribution in [3.8, 4) is 11.5 Å². The SMILES string of the molecule is COC(=O)c1cc(F)cc(Oc2c(Cl)cc(NC(=O)Cc3cccc(SC)c3)cc2Cl)c1. The Morgan fingerprint density at radius 1 is 1.06 bits per heavy atom. The Morgan fingerprint density at radius 2 is 1.78 bits per heavy atom. The van der Waals surface area contributed by atoms with Gasteiger partial charge in [-0.2, -0.15) is 0 Å². The first-order valence-corrected chi connectivity index (χ1v) is 11.3. The van der Waals surface area contributed by atoms with Crippen molar-refractivity contribution in [3.05, 3.63) is 81.6 Å². The Bertz CT molecular complexity index is 1150. The highest BCUT2D eigenvalue weighted by Crippen LogP contribution is 2.39. The first kappa shape index (κ1) is 23.9. The molecular weight excluding hydrogens is 476 g/mol. The van der Waals surface area contributed by atoms with Gasteiger partial charge in [-0.05, 0) is 48.2 Å². The largest absolute Gasteiger partial charge is 0.465 e. The molecule has 0 aliphatic rings. The molecule has 3 rings (SSSR count). The number of nitrogens with one attached hydrogen (secondary N) is 1. The van der Waals surface area contributed by atoms with Crippen LogP contribution in [0.3, 0.4) is 0 Å². The zero-order chi connectivity index (χ0) is 23.3. The fraction of sp³-hybridized carbons (Fsp3) is 0.130. The summed E-state index contributed by atoms with van der Waals surface area (Å²) in [4.78, 5) is 25.2. The number of anilines is 1. The average molecular weight is 494 g/mol. The number of halogens is 3. The second-order valence-corrected chi connectivity index (χ2v) is 8.31. The molecule has 0 unspecified atom stereocenters. The predicted octanol–water partition coefficient (Wildman–Crippen LogP) is 6.61. The summed E-state index contributed by atoms with van der Waals surface area (Å²) in [5, 5.41) is 2.95. The third kappa shape index (κ3) is 6.16. The van der Waals surface area contributed by atoms with Crippen LogP contribution in [0.1, 0.15) is 15.9 Å². The van der Waals surface area contributed by atoms with Gasteiger partial charge < -0.3 is 14.8 Å². The molecule has 0 aromatic heterocycles. The van der Waals surface area contributed by atoms with Crippen LogP contribution in [0.15, 0.2) is 59.5 Å². The fourth-order valence-electron chi connectivity index (χ4n) is 2.88. The molecule has 0 fully saturated rings. The van der Waals surface area contributed by atoms with Crippen LogP contribution in [0.25, 0.3) is 0 Å². The van der Waals surface area contributed by atoms with Crippen molar-refractivity contribution in [1.82, 2.24) is 0 Å². The number of methoxy groups -OCH3 is 1. The molecule has 166 valence electrons. The normalized spacial score (nSPS) is 10.5. The first-order valence-electron chi connectivity index (χ1n) is 9.27. The molecule has 0 atom stereocenters. The first-order chi connectivity index (χ1) is 15.3. The summed E-state index contributed by atoms with van der Waals surface area (Å²) in [6, 6.07) is 14.0. The fourth-order valence-corrected chi connectivity index (χ4v) is 3.93. The summed E-state index contributed by atoms with van der Waals surface area (Å²) in [6.07, 6.45) is 2.15. The lowest BCUT2D eigenvalue weighted by atomic mass is 10.1. The molecule has 3 aromatic rings. The minimum atomic E-state index is -0.715. The smallest absolute Gasteiger partial charge is 0.338 e. The third-order valence-corrected chi connectivity index (χ3v) is 5.58. The standard InChI is InChI=1S/C23H18Cl2FNO4S/c1-30-23(29)14-8-15(26)10-17(9-14)31-22-19(24)11-16(12-20(22)25)27-21(28)7-13-4-3-5-18(6-13)32-2/h3-6,8-12H,7H2,1-2H3,(H,27,28). The molecule has 3 aromatic carbocycles. The molecule has 0 saturated heterocycles. The van der Waals surface area contributed by atoms with Crippen LogP contribution >= 0.6 is 35.0 Å². The molecule has 0 saturated carbocycles. The monoisotopic (exact) mass is 493 g/mol. The van der Waals surface area contributed by atoms with Gasteiger partial charge in [-0.15, -0.1) is 11.8 Å². The number of amides is 1. The van der Waals surface area contributed by atoms with E-state index in [0.29, 0.717) is 5.69 Å². The van der Waals surface area contributed by atoms with E-state index in [1.807, 2.05) is 30.5 Å². The Kier molecular flexibility index (Phi) is 8.01. The highest BCUT2D eigenvalue weighted by molar-refractivity contribution is 7.98. The second kappa shape index (κ2) is 10.7. The van der Waals surface area contributed by atoms with Crippen LogP contribution in [0.2, 0.25) is 10.0 Å². The number of esters is 1. The van der Waals surface area contributed by atoms with E-state index in [2.05, 4.69) is 10.1 Å². The molecular formula is C23H18Cl2FNO4S. The van der Waals surface area contributed by atoms with E-state index in [-0.39, 0.29) is 39.4 Å². The van der Waals surface area contributed by atoms with Gasteiger partial charge in [0.05, 0.1) is 29.1 Å². The molecule has 0 heterocycles. The molecule has 1 amide bonds. The van der Waals surface area contributed by atoms with E-state index in [9.17, 15) is 14.0 Å². The van der Waals surface area contributed by atoms with Crippen LogP contribution in [0, 0.1) is 5.82 Å². The Balaban J connectivity index is 1.76. The van der Waals surface area contributed by atoms with E-state index < -0.39 is 11.8 Å². The Hall–Kier alpha value is -2.74. The average Bonchev–Trinajstić information content (AvgIpc) is 2.75. The minimum Gasteiger partial charge on any atom is -0.465 e. The molecule has 0 radical (unpaired) electrons. The van der Waals surface area contributed by atoms with Crippen molar-refractivity contribution in [2.75, 3.05) is 18.7 Å². The number of benzene rings is 3. The number of ether oxygens (including phenoxy) is 2. The van der Waals surface area contributed by atoms with Crippen molar-refractivity contribution in [3.63, 3.8) is 0 Å². The van der Waals surface area contributed by atoms with E-state index in [4.69, 9.17) is 27.9 Å². The summed E-state index contributed by atoms with van der Waals surface area (Å²) in [7, 11) is 1.19. The zero-order valence-corrected chi connectivity index (χ0v) is 19.4. The van der Waals surface area contributed by atoms with E-state index in [1.165, 1.54) is 25.3 Å². The predicted molar refractivity (Wildman–Crippen MR) is 125 cm³/mol. The number of carbonyl (C=O) groups is 2. The van der Waals surface area contributed by atoms with Crippen molar-refractivity contribution in [2.24, 2.45) is 0 Å². The number of carbonyl (C=O) groups excluding carboxylic acids is 2. The lowest BCUT2D eigenvalue weighted by Crippen LogP contribution is -2.14. The summed E-state index contributed by atoms with van der Waals surface area (Å²) in [5.41, 5.74) is 1.23. The molecule has 9 heteroatoms. The number of thioether (sulfide) groups is 1. The highest BCUT2D eigenvalue weighted by Gasteiger charge is 2.15. The summed E-state index contributed by atoms with van der Waals surface area (Å²) in [5.74, 6) is -1.57. The maximum absolute atomic E-state index is 13.9. The number of rotatable bonds is 7. The van der Waals surface area contributed by atoms with Crippen LogP contribution < -0.4 is 10.1 Å². The highest BCUT2D eigenvalue weighted by atomic mass is 35.5. The van der Waals surface area contributed by atoms with Gasteiger partial charge in [0.2, 0.25) is 5.91 Å². The van der Waals surface area contributed by atoms with E-state index in [1.54, 1.807) is 11.8 Å². The molecule has 0 aliphatic heterocycles. The van der Waals surface area contributed by atoms with Crippen LogP contribution in [-0.4, -0.2) is 25.2 Å². The van der Waals surface area contributed by atoms with Gasteiger partial charge in [-0.25, -0.2) is 9.18 Å². The van der Waals surface area contributed by atoms with Gasteiger partial charge in [0.15, 0.2) is 5.75 Å². The molecule has 1 N–H and O–H groups in total. The van der Waals surface area contributed by atoms with Gasteiger partial charge in [0, 0.05) is 16.6 Å². The lowest BCUT2D eigenvalue weighted by molar-refractivity contribution is -0.115. The lowest BCUT2D eigenvalue weighted by Gasteiger charge is -2.13. The van der Waals surface area contributed by atoms with Crippen LogP contribution in [0.5, 0.6) is 11.5 Å². The summed E-state index contributed by atoms with van der Waals surface area (Å²) >= 11 is 14.2. The molecule has 32 heavy (non-hydrogen) atoms. The molecule has 0 bridgehead atoms. The van der Waals surface area contributed by atoms with Crippen molar-refractivity contribution < 1.29 is 23.5 Å². The van der Waals surface area contributed by atoms with Crippen molar-refractivity contribution in [2.45, 2.75) is 11.3 Å². The maximum Gasteiger partial charge on any atom is 0.338 e. The van der Waals surface area contributed by atoms with Gasteiger partial charge in [0.1, 0.15) is 11.6 Å². The van der Waals surface area contributed by atoms with Crippen LogP contribution in [0.4, 0.5) is 10.1 Å². The quantitative estimate of drug-likeness (QED) is 0.296. The third-order valence-electron chi connectivity index (χ3n) is 4.29. The Morgan fingerprint density at radius 3 is 2.44 bits per heavy atom. The van der Waals surface area contributed by atoms with Gasteiger partial charge in [-0.3, -0.25) is 4.79 Å².